The fourth-order valence-electron chi connectivity index (χ4n) is 3.19. The second-order valence-electron chi connectivity index (χ2n) is 6.07. The van der Waals surface area contributed by atoms with Gasteiger partial charge in [0.15, 0.2) is 0 Å². The Labute approximate surface area is 135 Å². The van der Waals surface area contributed by atoms with Crippen LogP contribution in [0.5, 0.6) is 0 Å². The van der Waals surface area contributed by atoms with E-state index in [2.05, 4.69) is 45.4 Å². The van der Waals surface area contributed by atoms with E-state index in [4.69, 9.17) is 0 Å². The summed E-state index contributed by atoms with van der Waals surface area (Å²) in [6.45, 7) is 4.49. The van der Waals surface area contributed by atoms with E-state index in [1.165, 1.54) is 19.3 Å². The number of amides is 1. The second kappa shape index (κ2) is 7.25. The van der Waals surface area contributed by atoms with Crippen LogP contribution in [0.2, 0.25) is 0 Å². The minimum atomic E-state index is -0.0364. The van der Waals surface area contributed by atoms with E-state index in [9.17, 15) is 4.79 Å². The van der Waals surface area contributed by atoms with Gasteiger partial charge in [-0.3, -0.25) is 4.79 Å². The lowest BCUT2D eigenvalue weighted by molar-refractivity contribution is 0.0889. The van der Waals surface area contributed by atoms with Crippen LogP contribution in [0.25, 0.3) is 0 Å². The highest BCUT2D eigenvalue weighted by atomic mass is 79.9. The number of pyridine rings is 1. The molecule has 0 radical (unpaired) electrons. The molecule has 1 aliphatic rings. The Hall–Kier alpha value is -1.10. The van der Waals surface area contributed by atoms with Crippen molar-refractivity contribution in [1.82, 2.24) is 10.3 Å². The minimum Gasteiger partial charge on any atom is -0.372 e. The quantitative estimate of drug-likeness (QED) is 0.864. The number of hydrogen-bond donors (Lipinski definition) is 2. The van der Waals surface area contributed by atoms with Crippen molar-refractivity contribution in [3.63, 3.8) is 0 Å². The summed E-state index contributed by atoms with van der Waals surface area (Å²) in [5.41, 5.74) is 0.597. The highest BCUT2D eigenvalue weighted by Crippen LogP contribution is 2.30. The lowest BCUT2D eigenvalue weighted by Gasteiger charge is -2.35. The van der Waals surface area contributed by atoms with Crippen LogP contribution in [-0.4, -0.2) is 24.0 Å². The Morgan fingerprint density at radius 3 is 2.76 bits per heavy atom. The largest absolute Gasteiger partial charge is 0.372 e. The Morgan fingerprint density at radius 1 is 1.38 bits per heavy atom. The third-order valence-corrected chi connectivity index (χ3v) is 4.76. The normalized spacial score (nSPS) is 22.1. The number of aromatic nitrogens is 1. The van der Waals surface area contributed by atoms with Crippen LogP contribution in [0, 0.1) is 11.8 Å². The molecule has 21 heavy (non-hydrogen) atoms. The Bertz CT molecular complexity index is 504. The van der Waals surface area contributed by atoms with Gasteiger partial charge in [-0.2, -0.15) is 0 Å². The van der Waals surface area contributed by atoms with Gasteiger partial charge in [-0.05, 0) is 46.7 Å². The number of anilines is 1. The average Bonchev–Trinajstić information content (AvgIpc) is 2.47. The summed E-state index contributed by atoms with van der Waals surface area (Å²) in [5.74, 6) is 1.75. The van der Waals surface area contributed by atoms with E-state index in [0.717, 1.165) is 10.9 Å². The van der Waals surface area contributed by atoms with Crippen molar-refractivity contribution in [2.24, 2.45) is 11.8 Å². The van der Waals surface area contributed by atoms with E-state index >= 15 is 0 Å². The molecule has 1 aliphatic carbocycles. The standard InChI is InChI=1S/C16H24BrN3O/c1-10(2)12-6-4-5-7-14(12)20-16(21)13-8-11(17)9-19-15(13)18-3/h8-10,12,14H,4-7H2,1-3H3,(H,18,19)(H,20,21). The molecule has 0 bridgehead atoms. The van der Waals surface area contributed by atoms with Crippen molar-refractivity contribution in [2.75, 3.05) is 12.4 Å². The summed E-state index contributed by atoms with van der Waals surface area (Å²) < 4.78 is 0.815. The lowest BCUT2D eigenvalue weighted by Crippen LogP contribution is -2.44. The summed E-state index contributed by atoms with van der Waals surface area (Å²) in [6, 6.07) is 2.09. The first-order valence-electron chi connectivity index (χ1n) is 7.67. The Kier molecular flexibility index (Phi) is 5.62. The van der Waals surface area contributed by atoms with Crippen LogP contribution in [0.15, 0.2) is 16.7 Å². The molecule has 2 rings (SSSR count). The van der Waals surface area contributed by atoms with Crippen molar-refractivity contribution in [2.45, 2.75) is 45.6 Å². The van der Waals surface area contributed by atoms with Gasteiger partial charge in [-0.15, -0.1) is 0 Å². The summed E-state index contributed by atoms with van der Waals surface area (Å²) in [6.07, 6.45) is 6.45. The van der Waals surface area contributed by atoms with Gasteiger partial charge in [0.25, 0.3) is 5.91 Å². The summed E-state index contributed by atoms with van der Waals surface area (Å²) >= 11 is 3.38. The maximum atomic E-state index is 12.6. The molecule has 0 saturated heterocycles. The maximum absolute atomic E-state index is 12.6. The van der Waals surface area contributed by atoms with Crippen molar-refractivity contribution >= 4 is 27.7 Å². The number of hydrogen-bond acceptors (Lipinski definition) is 3. The molecule has 116 valence electrons. The van der Waals surface area contributed by atoms with E-state index in [1.54, 1.807) is 13.2 Å². The van der Waals surface area contributed by atoms with Crippen LogP contribution in [0.1, 0.15) is 49.9 Å². The van der Waals surface area contributed by atoms with E-state index in [-0.39, 0.29) is 11.9 Å². The number of carbonyl (C=O) groups is 1. The van der Waals surface area contributed by atoms with E-state index in [0.29, 0.717) is 23.2 Å². The zero-order chi connectivity index (χ0) is 15.4. The SMILES string of the molecule is CNc1ncc(Br)cc1C(=O)NC1CCCCC1C(C)C. The molecule has 1 aromatic heterocycles. The Morgan fingerprint density at radius 2 is 2.10 bits per heavy atom. The molecule has 0 aromatic carbocycles. The van der Waals surface area contributed by atoms with Gasteiger partial charge in [-0.25, -0.2) is 4.98 Å². The molecule has 0 aliphatic heterocycles. The molecule has 4 nitrogen and oxygen atoms in total. The molecule has 1 heterocycles. The van der Waals surface area contributed by atoms with E-state index in [1.807, 2.05) is 6.07 Å². The third-order valence-electron chi connectivity index (χ3n) is 4.33. The summed E-state index contributed by atoms with van der Waals surface area (Å²) in [7, 11) is 1.78. The number of nitrogens with zero attached hydrogens (tertiary/aromatic N) is 1. The fraction of sp³-hybridized carbons (Fsp3) is 0.625. The molecule has 0 spiro atoms. The topological polar surface area (TPSA) is 54.0 Å². The monoisotopic (exact) mass is 353 g/mol. The van der Waals surface area contributed by atoms with Gasteiger partial charge in [0, 0.05) is 23.8 Å². The predicted molar refractivity (Wildman–Crippen MR) is 89.5 cm³/mol. The van der Waals surface area contributed by atoms with Gasteiger partial charge in [-0.1, -0.05) is 26.7 Å². The van der Waals surface area contributed by atoms with Crippen LogP contribution in [0.4, 0.5) is 5.82 Å². The third kappa shape index (κ3) is 3.96. The van der Waals surface area contributed by atoms with Crippen LogP contribution in [-0.2, 0) is 0 Å². The summed E-state index contributed by atoms with van der Waals surface area (Å²) in [5, 5.41) is 6.21. The molecular formula is C16H24BrN3O. The maximum Gasteiger partial charge on any atom is 0.255 e. The van der Waals surface area contributed by atoms with Crippen molar-refractivity contribution < 1.29 is 4.79 Å². The number of nitrogens with one attached hydrogen (secondary N) is 2. The number of rotatable bonds is 4. The van der Waals surface area contributed by atoms with Crippen LogP contribution < -0.4 is 10.6 Å². The average molecular weight is 354 g/mol. The summed E-state index contributed by atoms with van der Waals surface area (Å²) in [4.78, 5) is 16.8. The first kappa shape index (κ1) is 16.3. The Balaban J connectivity index is 2.15. The molecular weight excluding hydrogens is 330 g/mol. The van der Waals surface area contributed by atoms with Crippen LogP contribution >= 0.6 is 15.9 Å². The number of carbonyl (C=O) groups excluding carboxylic acids is 1. The molecule has 2 N–H and O–H groups in total. The zero-order valence-corrected chi connectivity index (χ0v) is 14.5. The van der Waals surface area contributed by atoms with Gasteiger partial charge in [0.2, 0.25) is 0 Å². The fourth-order valence-corrected chi connectivity index (χ4v) is 3.53. The first-order valence-corrected chi connectivity index (χ1v) is 8.46. The lowest BCUT2D eigenvalue weighted by atomic mass is 9.78. The van der Waals surface area contributed by atoms with Gasteiger partial charge in [0.05, 0.1) is 5.56 Å². The molecule has 1 fully saturated rings. The first-order chi connectivity index (χ1) is 10.0. The molecule has 1 amide bonds. The van der Waals surface area contributed by atoms with Crippen molar-refractivity contribution in [1.29, 1.82) is 0 Å². The van der Waals surface area contributed by atoms with Crippen molar-refractivity contribution in [3.05, 3.63) is 22.3 Å². The highest BCUT2D eigenvalue weighted by molar-refractivity contribution is 9.10. The second-order valence-corrected chi connectivity index (χ2v) is 6.99. The van der Waals surface area contributed by atoms with Crippen LogP contribution in [0.3, 0.4) is 0 Å². The molecule has 1 aromatic rings. The molecule has 5 heteroatoms. The highest BCUT2D eigenvalue weighted by Gasteiger charge is 2.29. The molecule has 2 atom stereocenters. The predicted octanol–water partition coefficient (Wildman–Crippen LogP) is 3.83. The smallest absolute Gasteiger partial charge is 0.255 e. The minimum absolute atomic E-state index is 0.0364. The van der Waals surface area contributed by atoms with Crippen molar-refractivity contribution in [3.8, 4) is 0 Å². The van der Waals surface area contributed by atoms with Gasteiger partial charge in [0.1, 0.15) is 5.82 Å². The zero-order valence-electron chi connectivity index (χ0n) is 12.9. The van der Waals surface area contributed by atoms with E-state index < -0.39 is 0 Å². The van der Waals surface area contributed by atoms with Gasteiger partial charge >= 0.3 is 0 Å². The molecule has 1 saturated carbocycles. The number of halogens is 1. The molecule has 2 unspecified atom stereocenters. The van der Waals surface area contributed by atoms with Gasteiger partial charge < -0.3 is 10.6 Å².